The van der Waals surface area contributed by atoms with Crippen LogP contribution in [0.25, 0.3) is 5.65 Å². The molecule has 0 aromatic carbocycles. The molecule has 2 rings (SSSR count). The van der Waals surface area contributed by atoms with E-state index in [1.54, 1.807) is 37.3 Å². The van der Waals surface area contributed by atoms with Crippen molar-refractivity contribution in [3.8, 4) is 0 Å². The van der Waals surface area contributed by atoms with Crippen molar-refractivity contribution in [2.24, 2.45) is 0 Å². The molecule has 0 atom stereocenters. The third-order valence-corrected chi connectivity index (χ3v) is 1.85. The van der Waals surface area contributed by atoms with Crippen LogP contribution in [0.1, 0.15) is 0 Å². The number of nitrogens with zero attached hydrogens (tertiary/aromatic N) is 4. The zero-order chi connectivity index (χ0) is 10.1. The van der Waals surface area contributed by atoms with Crippen LogP contribution in [-0.2, 0) is 0 Å². The normalized spacial score (nSPS) is 10.4. The molecule has 0 saturated heterocycles. The molecule has 14 heavy (non-hydrogen) atoms. The number of hydrogen-bond acceptors (Lipinski definition) is 4. The van der Waals surface area contributed by atoms with E-state index in [2.05, 4.69) is 9.97 Å². The Balaban J connectivity index is 2.79. The first-order valence-electron chi connectivity index (χ1n) is 4.21. The predicted molar refractivity (Wildman–Crippen MR) is 53.6 cm³/mol. The second-order valence-electron chi connectivity index (χ2n) is 3.13. The SMILES string of the molecule is CN(C)c1nc(=O)n2ccccc2n1. The Kier molecular flexibility index (Phi) is 1.92. The summed E-state index contributed by atoms with van der Waals surface area (Å²) in [6.07, 6.45) is 1.65. The monoisotopic (exact) mass is 190 g/mol. The fraction of sp³-hybridized carbons (Fsp3) is 0.222. The molecule has 5 heteroatoms. The highest BCUT2D eigenvalue weighted by atomic mass is 16.1. The Bertz CT molecular complexity index is 517. The molecule has 0 N–H and O–H groups in total. The Morgan fingerprint density at radius 3 is 2.79 bits per heavy atom. The lowest BCUT2D eigenvalue weighted by Crippen LogP contribution is -2.23. The maximum atomic E-state index is 11.5. The number of pyridine rings is 1. The molecule has 0 amide bonds. The van der Waals surface area contributed by atoms with Crippen LogP contribution in [0.3, 0.4) is 0 Å². The van der Waals surface area contributed by atoms with Crippen molar-refractivity contribution in [3.05, 3.63) is 34.9 Å². The van der Waals surface area contributed by atoms with Crippen LogP contribution in [-0.4, -0.2) is 28.5 Å². The number of anilines is 1. The molecule has 0 aliphatic carbocycles. The second-order valence-corrected chi connectivity index (χ2v) is 3.13. The minimum Gasteiger partial charge on any atom is -0.347 e. The van der Waals surface area contributed by atoms with Gasteiger partial charge in [-0.05, 0) is 12.1 Å². The zero-order valence-electron chi connectivity index (χ0n) is 8.01. The van der Waals surface area contributed by atoms with Gasteiger partial charge < -0.3 is 4.90 Å². The molecule has 0 spiro atoms. The van der Waals surface area contributed by atoms with Gasteiger partial charge in [0.25, 0.3) is 0 Å². The van der Waals surface area contributed by atoms with Gasteiger partial charge in [-0.25, -0.2) is 4.79 Å². The first-order chi connectivity index (χ1) is 6.68. The van der Waals surface area contributed by atoms with Crippen LogP contribution in [0.15, 0.2) is 29.2 Å². The van der Waals surface area contributed by atoms with Crippen molar-refractivity contribution >= 4 is 11.6 Å². The molecule has 5 nitrogen and oxygen atoms in total. The number of fused-ring (bicyclic) bond motifs is 1. The third-order valence-electron chi connectivity index (χ3n) is 1.85. The molecule has 2 aromatic rings. The van der Waals surface area contributed by atoms with E-state index in [4.69, 9.17) is 0 Å². The van der Waals surface area contributed by atoms with E-state index >= 15 is 0 Å². The van der Waals surface area contributed by atoms with E-state index in [0.717, 1.165) is 0 Å². The standard InChI is InChI=1S/C9H10N4O/c1-12(2)8-10-7-5-3-4-6-13(7)9(14)11-8/h3-6H,1-2H3. The maximum absolute atomic E-state index is 11.5. The molecule has 2 aromatic heterocycles. The van der Waals surface area contributed by atoms with Gasteiger partial charge >= 0.3 is 5.69 Å². The van der Waals surface area contributed by atoms with Crippen molar-refractivity contribution in [2.45, 2.75) is 0 Å². The summed E-state index contributed by atoms with van der Waals surface area (Å²) in [5.74, 6) is 0.432. The van der Waals surface area contributed by atoms with Crippen molar-refractivity contribution in [3.63, 3.8) is 0 Å². The first kappa shape index (κ1) is 8.68. The van der Waals surface area contributed by atoms with Crippen LogP contribution >= 0.6 is 0 Å². The summed E-state index contributed by atoms with van der Waals surface area (Å²) < 4.78 is 1.41. The maximum Gasteiger partial charge on any atom is 0.356 e. The summed E-state index contributed by atoms with van der Waals surface area (Å²) in [6.45, 7) is 0. The van der Waals surface area contributed by atoms with E-state index < -0.39 is 0 Å². The Labute approximate surface area is 80.7 Å². The lowest BCUT2D eigenvalue weighted by molar-refractivity contribution is 0.900. The summed E-state index contributed by atoms with van der Waals surface area (Å²) in [5, 5.41) is 0. The molecule has 0 fully saturated rings. The smallest absolute Gasteiger partial charge is 0.347 e. The van der Waals surface area contributed by atoms with Crippen molar-refractivity contribution < 1.29 is 0 Å². The van der Waals surface area contributed by atoms with Gasteiger partial charge in [0.15, 0.2) is 0 Å². The summed E-state index contributed by atoms with van der Waals surface area (Å²) in [7, 11) is 3.60. The summed E-state index contributed by atoms with van der Waals surface area (Å²) in [4.78, 5) is 21.2. The van der Waals surface area contributed by atoms with Crippen LogP contribution in [0, 0.1) is 0 Å². The molecular formula is C9H10N4O. The third kappa shape index (κ3) is 1.32. The lowest BCUT2D eigenvalue weighted by Gasteiger charge is -2.09. The molecular weight excluding hydrogens is 180 g/mol. The van der Waals surface area contributed by atoms with Gasteiger partial charge in [0.1, 0.15) is 5.65 Å². The molecule has 0 aliphatic rings. The van der Waals surface area contributed by atoms with Gasteiger partial charge in [-0.1, -0.05) is 6.07 Å². The van der Waals surface area contributed by atoms with E-state index in [9.17, 15) is 4.79 Å². The predicted octanol–water partition coefficient (Wildman–Crippen LogP) is 0.155. The first-order valence-corrected chi connectivity index (χ1v) is 4.21. The summed E-state index contributed by atoms with van der Waals surface area (Å²) >= 11 is 0. The minimum atomic E-state index is -0.306. The van der Waals surface area contributed by atoms with Crippen LogP contribution < -0.4 is 10.6 Å². The highest BCUT2D eigenvalue weighted by molar-refractivity contribution is 5.42. The zero-order valence-corrected chi connectivity index (χ0v) is 8.01. The summed E-state index contributed by atoms with van der Waals surface area (Å²) in [5.41, 5.74) is 0.301. The fourth-order valence-corrected chi connectivity index (χ4v) is 1.15. The average Bonchev–Trinajstić information content (AvgIpc) is 2.17. The molecule has 0 bridgehead atoms. The number of aromatic nitrogens is 3. The van der Waals surface area contributed by atoms with Gasteiger partial charge in [0.05, 0.1) is 0 Å². The molecule has 0 radical (unpaired) electrons. The van der Waals surface area contributed by atoms with Gasteiger partial charge in [0, 0.05) is 20.3 Å². The fourth-order valence-electron chi connectivity index (χ4n) is 1.15. The Hall–Kier alpha value is -1.91. The lowest BCUT2D eigenvalue weighted by atomic mass is 10.5. The van der Waals surface area contributed by atoms with E-state index in [1.807, 2.05) is 6.07 Å². The largest absolute Gasteiger partial charge is 0.356 e. The van der Waals surface area contributed by atoms with Gasteiger partial charge in [-0.15, -0.1) is 0 Å². The van der Waals surface area contributed by atoms with Crippen LogP contribution in [0.4, 0.5) is 5.95 Å². The van der Waals surface area contributed by atoms with Crippen LogP contribution in [0.2, 0.25) is 0 Å². The van der Waals surface area contributed by atoms with E-state index in [-0.39, 0.29) is 5.69 Å². The topological polar surface area (TPSA) is 50.5 Å². The highest BCUT2D eigenvalue weighted by Crippen LogP contribution is 2.01. The Morgan fingerprint density at radius 1 is 1.29 bits per heavy atom. The minimum absolute atomic E-state index is 0.306. The van der Waals surface area contributed by atoms with E-state index in [0.29, 0.717) is 11.6 Å². The van der Waals surface area contributed by atoms with Crippen molar-refractivity contribution in [1.82, 2.24) is 14.4 Å². The quantitative estimate of drug-likeness (QED) is 0.642. The van der Waals surface area contributed by atoms with Crippen LogP contribution in [0.5, 0.6) is 0 Å². The number of hydrogen-bond donors (Lipinski definition) is 0. The van der Waals surface area contributed by atoms with Gasteiger partial charge in [-0.2, -0.15) is 9.97 Å². The Morgan fingerprint density at radius 2 is 2.07 bits per heavy atom. The van der Waals surface area contributed by atoms with Crippen molar-refractivity contribution in [1.29, 1.82) is 0 Å². The molecule has 0 unspecified atom stereocenters. The van der Waals surface area contributed by atoms with E-state index in [1.165, 1.54) is 4.40 Å². The molecule has 0 saturated carbocycles. The molecule has 72 valence electrons. The second kappa shape index (κ2) is 3.10. The summed E-state index contributed by atoms with van der Waals surface area (Å²) in [6, 6.07) is 5.38. The van der Waals surface area contributed by atoms with Crippen molar-refractivity contribution in [2.75, 3.05) is 19.0 Å². The number of rotatable bonds is 1. The van der Waals surface area contributed by atoms with Gasteiger partial charge in [0.2, 0.25) is 5.95 Å². The van der Waals surface area contributed by atoms with Gasteiger partial charge in [-0.3, -0.25) is 4.40 Å². The highest BCUT2D eigenvalue weighted by Gasteiger charge is 2.03. The molecule has 2 heterocycles. The molecule has 0 aliphatic heterocycles. The average molecular weight is 190 g/mol.